The van der Waals surface area contributed by atoms with E-state index in [1.165, 1.54) is 17.1 Å². The van der Waals surface area contributed by atoms with Gasteiger partial charge in [-0.3, -0.25) is 19.4 Å². The van der Waals surface area contributed by atoms with Crippen molar-refractivity contribution in [1.82, 2.24) is 5.01 Å². The Morgan fingerprint density at radius 1 is 1.20 bits per heavy atom. The molecular weight excluding hydrogens is 413 g/mol. The van der Waals surface area contributed by atoms with E-state index in [0.717, 1.165) is 22.1 Å². The van der Waals surface area contributed by atoms with Crippen molar-refractivity contribution in [1.29, 1.82) is 0 Å². The molecular formula is C20H17ClFN5O3. The summed E-state index contributed by atoms with van der Waals surface area (Å²) in [7, 11) is 0. The van der Waals surface area contributed by atoms with Gasteiger partial charge in [0.25, 0.3) is 11.8 Å². The van der Waals surface area contributed by atoms with Gasteiger partial charge in [0.05, 0.1) is 10.7 Å². The molecule has 1 fully saturated rings. The first-order valence-electron chi connectivity index (χ1n) is 9.14. The van der Waals surface area contributed by atoms with E-state index in [1.807, 2.05) is 26.0 Å². The number of hydrogen-bond donors (Lipinski definition) is 1. The molecule has 0 unspecified atom stereocenters. The summed E-state index contributed by atoms with van der Waals surface area (Å²) in [6.07, 6.45) is 0. The number of hydrogen-bond acceptors (Lipinski definition) is 6. The molecule has 30 heavy (non-hydrogen) atoms. The lowest BCUT2D eigenvalue weighted by Crippen LogP contribution is -2.43. The highest BCUT2D eigenvalue weighted by molar-refractivity contribution is 6.32. The molecule has 2 heterocycles. The average Bonchev–Trinajstić information content (AvgIpc) is 3.21. The molecule has 0 spiro atoms. The number of nitrogens with zero attached hydrogens (tertiary/aromatic N) is 4. The second-order valence-electron chi connectivity index (χ2n) is 7.10. The zero-order chi connectivity index (χ0) is 21.6. The van der Waals surface area contributed by atoms with Gasteiger partial charge >= 0.3 is 0 Å². The maximum absolute atomic E-state index is 13.4. The van der Waals surface area contributed by atoms with Crippen molar-refractivity contribution >= 4 is 40.7 Å². The summed E-state index contributed by atoms with van der Waals surface area (Å²) >= 11 is 5.78. The maximum Gasteiger partial charge on any atom is 0.263 e. The smallest absolute Gasteiger partial charge is 0.263 e. The number of carbonyl (C=O) groups is 3. The summed E-state index contributed by atoms with van der Waals surface area (Å²) in [6, 6.07) is 7.00. The summed E-state index contributed by atoms with van der Waals surface area (Å²) in [4.78, 5) is 39.0. The van der Waals surface area contributed by atoms with E-state index < -0.39 is 35.6 Å². The first-order valence-corrected chi connectivity index (χ1v) is 9.52. The Morgan fingerprint density at radius 2 is 1.97 bits per heavy atom. The van der Waals surface area contributed by atoms with Gasteiger partial charge in [-0.25, -0.2) is 9.29 Å². The average molecular weight is 430 g/mol. The molecule has 0 saturated carbocycles. The summed E-state index contributed by atoms with van der Waals surface area (Å²) in [6.45, 7) is 3.57. The van der Waals surface area contributed by atoms with Gasteiger partial charge in [0.2, 0.25) is 5.91 Å². The molecule has 8 nitrogen and oxygen atoms in total. The van der Waals surface area contributed by atoms with E-state index in [9.17, 15) is 18.8 Å². The van der Waals surface area contributed by atoms with E-state index in [-0.39, 0.29) is 17.3 Å². The van der Waals surface area contributed by atoms with Gasteiger partial charge in [-0.15, -0.1) is 0 Å². The van der Waals surface area contributed by atoms with E-state index >= 15 is 0 Å². The molecule has 3 amide bonds. The number of nitrogens with one attached hydrogen (secondary N) is 1. The highest BCUT2D eigenvalue weighted by Gasteiger charge is 2.55. The standard InChI is InChI=1S/C20H17ClFN5O3/c1-10-4-3-5-15(11(10)2)23-16(28)9-26-18-17(24-25-26)19(29)27(20(18)30)12-6-7-14(22)13(21)8-12/h3-8,17-18H,9H2,1-2H3,(H,23,28)/t17-,18+/m1/s1. The highest BCUT2D eigenvalue weighted by Crippen LogP contribution is 2.33. The van der Waals surface area contributed by atoms with E-state index in [1.54, 1.807) is 6.07 Å². The van der Waals surface area contributed by atoms with Crippen molar-refractivity contribution < 1.29 is 18.8 Å². The van der Waals surface area contributed by atoms with Gasteiger partial charge in [0.1, 0.15) is 12.4 Å². The van der Waals surface area contributed by atoms with Gasteiger partial charge in [0, 0.05) is 5.69 Å². The quantitative estimate of drug-likeness (QED) is 0.756. The van der Waals surface area contributed by atoms with Crippen LogP contribution in [0.3, 0.4) is 0 Å². The number of imide groups is 1. The van der Waals surface area contributed by atoms with Crippen LogP contribution >= 0.6 is 11.6 Å². The number of rotatable bonds is 4. The Morgan fingerprint density at radius 3 is 2.70 bits per heavy atom. The minimum Gasteiger partial charge on any atom is -0.324 e. The Bertz CT molecular complexity index is 1110. The lowest BCUT2D eigenvalue weighted by Gasteiger charge is -2.20. The lowest BCUT2D eigenvalue weighted by molar-refractivity contribution is -0.123. The number of anilines is 2. The number of amides is 3. The fourth-order valence-electron chi connectivity index (χ4n) is 3.46. The number of fused-ring (bicyclic) bond motifs is 1. The molecule has 2 atom stereocenters. The van der Waals surface area contributed by atoms with Gasteiger partial charge in [-0.05, 0) is 49.2 Å². The number of benzene rings is 2. The van der Waals surface area contributed by atoms with Crippen molar-refractivity contribution in [3.8, 4) is 0 Å². The van der Waals surface area contributed by atoms with Crippen LogP contribution < -0.4 is 10.2 Å². The van der Waals surface area contributed by atoms with Crippen LogP contribution in [0.25, 0.3) is 0 Å². The Kier molecular flexibility index (Phi) is 4.98. The summed E-state index contributed by atoms with van der Waals surface area (Å²) in [5, 5.41) is 11.5. The van der Waals surface area contributed by atoms with Crippen LogP contribution in [-0.2, 0) is 14.4 Å². The maximum atomic E-state index is 13.4. The topological polar surface area (TPSA) is 94.4 Å². The normalized spacial score (nSPS) is 20.1. The first-order chi connectivity index (χ1) is 14.3. The third kappa shape index (κ3) is 3.30. The van der Waals surface area contributed by atoms with Crippen molar-refractivity contribution in [2.24, 2.45) is 10.3 Å². The molecule has 1 N–H and O–H groups in total. The molecule has 2 aromatic carbocycles. The monoisotopic (exact) mass is 429 g/mol. The third-order valence-electron chi connectivity index (χ3n) is 5.20. The molecule has 0 radical (unpaired) electrons. The molecule has 4 rings (SSSR count). The molecule has 0 bridgehead atoms. The highest BCUT2D eigenvalue weighted by atomic mass is 35.5. The Hall–Kier alpha value is -3.33. The number of aryl methyl sites for hydroxylation is 1. The summed E-state index contributed by atoms with van der Waals surface area (Å²) < 4.78 is 13.4. The molecule has 0 aromatic heterocycles. The van der Waals surface area contributed by atoms with Crippen LogP contribution in [0.15, 0.2) is 46.7 Å². The van der Waals surface area contributed by atoms with Crippen molar-refractivity contribution in [3.63, 3.8) is 0 Å². The predicted molar refractivity (Wildman–Crippen MR) is 108 cm³/mol. The van der Waals surface area contributed by atoms with E-state index in [0.29, 0.717) is 5.69 Å². The second-order valence-corrected chi connectivity index (χ2v) is 7.51. The fraction of sp³-hybridized carbons (Fsp3) is 0.250. The Labute approximate surface area is 176 Å². The molecule has 2 aliphatic rings. The molecule has 0 aliphatic carbocycles. The fourth-order valence-corrected chi connectivity index (χ4v) is 3.63. The number of carbonyl (C=O) groups excluding carboxylic acids is 3. The summed E-state index contributed by atoms with van der Waals surface area (Å²) in [5.41, 5.74) is 2.75. The molecule has 1 saturated heterocycles. The van der Waals surface area contributed by atoms with Gasteiger partial charge < -0.3 is 5.32 Å². The van der Waals surface area contributed by atoms with Gasteiger partial charge in [0.15, 0.2) is 12.1 Å². The van der Waals surface area contributed by atoms with Crippen LogP contribution in [0.4, 0.5) is 15.8 Å². The largest absolute Gasteiger partial charge is 0.324 e. The van der Waals surface area contributed by atoms with Crippen LogP contribution in [0.2, 0.25) is 5.02 Å². The van der Waals surface area contributed by atoms with Crippen LogP contribution in [0, 0.1) is 19.7 Å². The minimum atomic E-state index is -1.06. The molecule has 2 aromatic rings. The number of halogens is 2. The van der Waals surface area contributed by atoms with Gasteiger partial charge in [-0.1, -0.05) is 29.0 Å². The Balaban J connectivity index is 1.51. The lowest BCUT2D eigenvalue weighted by atomic mass is 10.1. The third-order valence-corrected chi connectivity index (χ3v) is 5.49. The van der Waals surface area contributed by atoms with Crippen molar-refractivity contribution in [2.75, 3.05) is 16.8 Å². The minimum absolute atomic E-state index is 0.140. The second kappa shape index (κ2) is 7.49. The molecule has 2 aliphatic heterocycles. The molecule has 154 valence electrons. The zero-order valence-corrected chi connectivity index (χ0v) is 16.9. The van der Waals surface area contributed by atoms with E-state index in [2.05, 4.69) is 15.7 Å². The summed E-state index contributed by atoms with van der Waals surface area (Å²) in [5.74, 6) is -2.26. The van der Waals surface area contributed by atoms with Crippen LogP contribution in [0.1, 0.15) is 11.1 Å². The van der Waals surface area contributed by atoms with Gasteiger partial charge in [-0.2, -0.15) is 5.11 Å². The zero-order valence-electron chi connectivity index (χ0n) is 16.1. The van der Waals surface area contributed by atoms with Crippen molar-refractivity contribution in [3.05, 3.63) is 58.4 Å². The molecule has 10 heteroatoms. The van der Waals surface area contributed by atoms with Crippen LogP contribution in [0.5, 0.6) is 0 Å². The van der Waals surface area contributed by atoms with Crippen molar-refractivity contribution in [2.45, 2.75) is 25.9 Å². The van der Waals surface area contributed by atoms with E-state index in [4.69, 9.17) is 11.6 Å². The predicted octanol–water partition coefficient (Wildman–Crippen LogP) is 3.03. The SMILES string of the molecule is Cc1cccc(NC(=O)CN2N=N[C@H]3C(=O)N(c4ccc(F)c(Cl)c4)C(=O)[C@H]32)c1C. The van der Waals surface area contributed by atoms with Crippen LogP contribution in [-0.4, -0.2) is 41.4 Å². The first kappa shape index (κ1) is 20.0.